The summed E-state index contributed by atoms with van der Waals surface area (Å²) in [6.07, 6.45) is -4.57. The van der Waals surface area contributed by atoms with Crippen LogP contribution in [-0.2, 0) is 21.0 Å². The Balaban J connectivity index is 1.69. The van der Waals surface area contributed by atoms with Crippen LogP contribution in [0.4, 0.5) is 23.7 Å². The summed E-state index contributed by atoms with van der Waals surface area (Å²) in [5, 5.41) is 9.23. The number of nitrogens with zero attached hydrogens (tertiary/aromatic N) is 3. The van der Waals surface area contributed by atoms with Gasteiger partial charge in [-0.05, 0) is 43.9 Å². The molecule has 2 heterocycles. The molecule has 2 aliphatic heterocycles. The number of carboxylic acid groups (broad SMARTS) is 1. The molecule has 2 N–H and O–H groups in total. The molecule has 2 amide bonds. The lowest BCUT2D eigenvalue weighted by atomic mass is 10.0. The highest BCUT2D eigenvalue weighted by atomic mass is 32.2. The van der Waals surface area contributed by atoms with E-state index in [0.29, 0.717) is 12.8 Å². The molecule has 184 valence electrons. The largest absolute Gasteiger partial charge is 0.465 e. The molecule has 2 aliphatic rings. The number of rotatable bonds is 5. The molecule has 9 nitrogen and oxygen atoms in total. The topological polar surface area (TPSA) is 110 Å². The molecule has 3 rings (SSSR count). The van der Waals surface area contributed by atoms with Gasteiger partial charge >= 0.3 is 12.3 Å². The van der Waals surface area contributed by atoms with Gasteiger partial charge in [-0.2, -0.15) is 13.2 Å². The van der Waals surface area contributed by atoms with Gasteiger partial charge in [0.15, 0.2) is 0 Å². The SMILES string of the molecule is CN(C)c1ccc(S(=O)(=O)NC2CCN(C(=O)[C@@H]3CCCN3C(=O)O)CC2)c(C(F)(F)F)c1. The van der Waals surface area contributed by atoms with E-state index < -0.39 is 44.8 Å². The first kappa shape index (κ1) is 25.1. The molecule has 1 aromatic carbocycles. The summed E-state index contributed by atoms with van der Waals surface area (Å²) in [5.41, 5.74) is -1.03. The van der Waals surface area contributed by atoms with Crippen LogP contribution < -0.4 is 9.62 Å². The highest BCUT2D eigenvalue weighted by Gasteiger charge is 2.40. The maximum Gasteiger partial charge on any atom is 0.417 e. The summed E-state index contributed by atoms with van der Waals surface area (Å²) in [4.78, 5) is 27.2. The van der Waals surface area contributed by atoms with Gasteiger partial charge in [0.2, 0.25) is 15.9 Å². The summed E-state index contributed by atoms with van der Waals surface area (Å²) >= 11 is 0. The summed E-state index contributed by atoms with van der Waals surface area (Å²) in [6.45, 7) is 0.652. The second kappa shape index (κ2) is 9.37. The standard InChI is InChI=1S/C20H27F3N4O5S/c1-25(2)14-5-6-17(15(12-14)20(21,22)23)33(31,32)24-13-7-10-26(11-8-13)18(28)16-4-3-9-27(16)19(29)30/h5-6,12-13,16,24H,3-4,7-11H2,1-2H3,(H,29,30)/t16-/m0/s1. The van der Waals surface area contributed by atoms with E-state index in [0.717, 1.165) is 17.0 Å². The Labute approximate surface area is 190 Å². The number of amides is 2. The predicted molar refractivity (Wildman–Crippen MR) is 113 cm³/mol. The molecule has 2 fully saturated rings. The van der Waals surface area contributed by atoms with Gasteiger partial charge in [-0.1, -0.05) is 0 Å². The van der Waals surface area contributed by atoms with E-state index in [1.165, 1.54) is 15.9 Å². The first-order chi connectivity index (χ1) is 15.3. The molecule has 1 aromatic rings. The number of hydrogen-bond donors (Lipinski definition) is 2. The molecule has 33 heavy (non-hydrogen) atoms. The minimum Gasteiger partial charge on any atom is -0.465 e. The van der Waals surface area contributed by atoms with Gasteiger partial charge in [0, 0.05) is 45.5 Å². The number of sulfonamides is 1. The fraction of sp³-hybridized carbons (Fsp3) is 0.600. The molecule has 1 atom stereocenters. The molecule has 0 aliphatic carbocycles. The van der Waals surface area contributed by atoms with E-state index in [4.69, 9.17) is 0 Å². The van der Waals surface area contributed by atoms with Gasteiger partial charge in [0.1, 0.15) is 6.04 Å². The Kier molecular flexibility index (Phi) is 7.13. The van der Waals surface area contributed by atoms with E-state index in [9.17, 15) is 36.3 Å². The fourth-order valence-electron chi connectivity index (χ4n) is 4.22. The van der Waals surface area contributed by atoms with Crippen LogP contribution in [0.25, 0.3) is 0 Å². The van der Waals surface area contributed by atoms with Gasteiger partial charge in [-0.15, -0.1) is 0 Å². The van der Waals surface area contributed by atoms with Crippen LogP contribution in [0.2, 0.25) is 0 Å². The molecule has 2 saturated heterocycles. The third kappa shape index (κ3) is 5.52. The Morgan fingerprint density at radius 2 is 1.76 bits per heavy atom. The van der Waals surface area contributed by atoms with E-state index in [-0.39, 0.29) is 44.1 Å². The number of nitrogens with one attached hydrogen (secondary N) is 1. The van der Waals surface area contributed by atoms with Crippen LogP contribution in [0.5, 0.6) is 0 Å². The summed E-state index contributed by atoms with van der Waals surface area (Å²) in [5.74, 6) is -0.324. The zero-order valence-electron chi connectivity index (χ0n) is 18.3. The lowest BCUT2D eigenvalue weighted by Crippen LogP contribution is -2.52. The molecular weight excluding hydrogens is 465 g/mol. The highest BCUT2D eigenvalue weighted by Crippen LogP contribution is 2.36. The number of benzene rings is 1. The first-order valence-electron chi connectivity index (χ1n) is 10.5. The summed E-state index contributed by atoms with van der Waals surface area (Å²) in [7, 11) is -1.36. The normalized spacial score (nSPS) is 20.2. The van der Waals surface area contributed by atoms with Crippen LogP contribution in [0.3, 0.4) is 0 Å². The number of halogens is 3. The number of anilines is 1. The van der Waals surface area contributed by atoms with Crippen LogP contribution in [0, 0.1) is 0 Å². The van der Waals surface area contributed by atoms with Gasteiger partial charge in [0.25, 0.3) is 0 Å². The van der Waals surface area contributed by atoms with Gasteiger partial charge < -0.3 is 14.9 Å². The van der Waals surface area contributed by atoms with Crippen molar-refractivity contribution in [2.24, 2.45) is 0 Å². The zero-order chi connectivity index (χ0) is 24.6. The number of carbonyl (C=O) groups is 2. The van der Waals surface area contributed by atoms with E-state index in [1.807, 2.05) is 0 Å². The second-order valence-corrected chi connectivity index (χ2v) is 10.1. The quantitative estimate of drug-likeness (QED) is 0.652. The number of alkyl halides is 3. The second-order valence-electron chi connectivity index (χ2n) is 8.43. The Morgan fingerprint density at radius 1 is 1.12 bits per heavy atom. The lowest BCUT2D eigenvalue weighted by molar-refractivity contribution is -0.140. The number of carbonyl (C=O) groups excluding carboxylic acids is 1. The van der Waals surface area contributed by atoms with Gasteiger partial charge in [-0.25, -0.2) is 17.9 Å². The summed E-state index contributed by atoms with van der Waals surface area (Å²) < 4.78 is 68.7. The van der Waals surface area contributed by atoms with Crippen LogP contribution >= 0.6 is 0 Å². The Morgan fingerprint density at radius 3 is 2.30 bits per heavy atom. The van der Waals surface area contributed by atoms with Gasteiger partial charge in [0.05, 0.1) is 10.5 Å². The number of likely N-dealkylation sites (tertiary alicyclic amines) is 2. The van der Waals surface area contributed by atoms with Crippen LogP contribution in [0.1, 0.15) is 31.2 Å². The molecular formula is C20H27F3N4O5S. The van der Waals surface area contributed by atoms with Crippen molar-refractivity contribution in [3.63, 3.8) is 0 Å². The average Bonchev–Trinajstić information content (AvgIpc) is 3.22. The Hall–Kier alpha value is -2.54. The molecule has 0 unspecified atom stereocenters. The Bertz CT molecular complexity index is 1010. The number of hydrogen-bond acceptors (Lipinski definition) is 5. The molecule has 0 spiro atoms. The number of piperidine rings is 1. The predicted octanol–water partition coefficient (Wildman–Crippen LogP) is 2.18. The molecule has 13 heteroatoms. The first-order valence-corrected chi connectivity index (χ1v) is 12.0. The van der Waals surface area contributed by atoms with Crippen molar-refractivity contribution in [3.05, 3.63) is 23.8 Å². The van der Waals surface area contributed by atoms with E-state index in [2.05, 4.69) is 4.72 Å². The van der Waals surface area contributed by atoms with Gasteiger partial charge in [-0.3, -0.25) is 9.69 Å². The third-order valence-electron chi connectivity index (χ3n) is 5.99. The molecule has 0 radical (unpaired) electrons. The van der Waals surface area contributed by atoms with E-state index >= 15 is 0 Å². The zero-order valence-corrected chi connectivity index (χ0v) is 19.1. The fourth-order valence-corrected chi connectivity index (χ4v) is 5.73. The maximum absolute atomic E-state index is 13.6. The third-order valence-corrected chi connectivity index (χ3v) is 7.57. The van der Waals surface area contributed by atoms with Crippen molar-refractivity contribution in [2.75, 3.05) is 38.6 Å². The van der Waals surface area contributed by atoms with Crippen molar-refractivity contribution in [3.8, 4) is 0 Å². The highest BCUT2D eigenvalue weighted by molar-refractivity contribution is 7.89. The van der Waals surface area contributed by atoms with Crippen molar-refractivity contribution >= 4 is 27.7 Å². The maximum atomic E-state index is 13.6. The van der Waals surface area contributed by atoms with Crippen molar-refractivity contribution in [1.29, 1.82) is 0 Å². The minimum absolute atomic E-state index is 0.182. The minimum atomic E-state index is -4.86. The van der Waals surface area contributed by atoms with Crippen molar-refractivity contribution < 1.29 is 36.3 Å². The van der Waals surface area contributed by atoms with Crippen molar-refractivity contribution in [1.82, 2.24) is 14.5 Å². The van der Waals surface area contributed by atoms with Crippen LogP contribution in [-0.4, -0.2) is 81.1 Å². The lowest BCUT2D eigenvalue weighted by Gasteiger charge is -2.35. The monoisotopic (exact) mass is 492 g/mol. The van der Waals surface area contributed by atoms with Crippen LogP contribution in [0.15, 0.2) is 23.1 Å². The molecule has 0 saturated carbocycles. The summed E-state index contributed by atoms with van der Waals surface area (Å²) in [6, 6.07) is 1.65. The van der Waals surface area contributed by atoms with Crippen molar-refractivity contribution in [2.45, 2.75) is 48.8 Å². The average molecular weight is 493 g/mol. The molecule has 0 aromatic heterocycles. The smallest absolute Gasteiger partial charge is 0.417 e. The molecule has 0 bridgehead atoms. The van der Waals surface area contributed by atoms with E-state index in [1.54, 1.807) is 14.1 Å².